The van der Waals surface area contributed by atoms with Crippen LogP contribution in [0.15, 0.2) is 18.2 Å². The molecule has 0 saturated heterocycles. The summed E-state index contributed by atoms with van der Waals surface area (Å²) in [5.74, 6) is 0.382. The van der Waals surface area contributed by atoms with Crippen molar-refractivity contribution >= 4 is 23.2 Å². The molecule has 0 fully saturated rings. The molecular weight excluding hydrogens is 308 g/mol. The molecule has 0 N–H and O–H groups in total. The Kier molecular flexibility index (Phi) is 3.40. The Balaban J connectivity index is 2.21. The Morgan fingerprint density at radius 3 is 2.55 bits per heavy atom. The monoisotopic (exact) mass is 322 g/mol. The van der Waals surface area contributed by atoms with Gasteiger partial charge in [-0.15, -0.1) is 0 Å². The van der Waals surface area contributed by atoms with Crippen LogP contribution >= 0.6 is 11.6 Å². The third-order valence-corrected chi connectivity index (χ3v) is 4.56. The van der Waals surface area contributed by atoms with Gasteiger partial charge in [0.1, 0.15) is 22.1 Å². The molecule has 0 bridgehead atoms. The van der Waals surface area contributed by atoms with Gasteiger partial charge in [-0.2, -0.15) is 0 Å². The number of ether oxygens (including phenoxy) is 3. The van der Waals surface area contributed by atoms with Gasteiger partial charge in [0, 0.05) is 18.4 Å². The average molecular weight is 323 g/mol. The Hall–Kier alpha value is -2.01. The van der Waals surface area contributed by atoms with E-state index in [1.54, 1.807) is 6.07 Å². The second-order valence-corrected chi connectivity index (χ2v) is 5.81. The highest BCUT2D eigenvalue weighted by Crippen LogP contribution is 2.52. The van der Waals surface area contributed by atoms with E-state index in [0.29, 0.717) is 17.1 Å². The molecular formula is C16H15ClO5. The van der Waals surface area contributed by atoms with Crippen LogP contribution in [0, 0.1) is 5.92 Å². The summed E-state index contributed by atoms with van der Waals surface area (Å²) < 4.78 is 16.4. The number of Topliss-reactive ketones (excluding diaryl/α,β-unsaturated/α-hetero) is 1. The summed E-state index contributed by atoms with van der Waals surface area (Å²) in [5.41, 5.74) is -0.918. The van der Waals surface area contributed by atoms with E-state index in [-0.39, 0.29) is 34.7 Å². The van der Waals surface area contributed by atoms with Gasteiger partial charge < -0.3 is 14.2 Å². The summed E-state index contributed by atoms with van der Waals surface area (Å²) in [6.07, 6.45) is 3.16. The van der Waals surface area contributed by atoms with Gasteiger partial charge in [0.15, 0.2) is 17.1 Å². The predicted molar refractivity (Wildman–Crippen MR) is 80.2 cm³/mol. The number of rotatable bonds is 2. The zero-order valence-corrected chi connectivity index (χ0v) is 13.2. The molecule has 3 rings (SSSR count). The molecule has 0 radical (unpaired) electrons. The lowest BCUT2D eigenvalue weighted by atomic mass is 9.77. The quantitative estimate of drug-likeness (QED) is 0.838. The first-order chi connectivity index (χ1) is 10.4. The first-order valence-electron chi connectivity index (χ1n) is 6.85. The lowest BCUT2D eigenvalue weighted by Gasteiger charge is -2.32. The maximum Gasteiger partial charge on any atom is 0.218 e. The zero-order valence-electron chi connectivity index (χ0n) is 12.4. The highest BCUT2D eigenvalue weighted by molar-refractivity contribution is 6.35. The van der Waals surface area contributed by atoms with Crippen LogP contribution in [-0.4, -0.2) is 31.4 Å². The van der Waals surface area contributed by atoms with Crippen molar-refractivity contribution in [2.45, 2.75) is 18.9 Å². The smallest absolute Gasteiger partial charge is 0.218 e. The van der Waals surface area contributed by atoms with Crippen molar-refractivity contribution in [1.29, 1.82) is 0 Å². The van der Waals surface area contributed by atoms with Gasteiger partial charge in [0.05, 0.1) is 14.2 Å². The molecule has 1 aliphatic heterocycles. The molecule has 1 aliphatic carbocycles. The van der Waals surface area contributed by atoms with E-state index in [4.69, 9.17) is 25.8 Å². The average Bonchev–Trinajstić information content (AvgIpc) is 2.80. The second-order valence-electron chi connectivity index (χ2n) is 5.43. The van der Waals surface area contributed by atoms with Crippen molar-refractivity contribution in [3.05, 3.63) is 28.8 Å². The molecule has 0 amide bonds. The topological polar surface area (TPSA) is 61.8 Å². The largest absolute Gasteiger partial charge is 0.496 e. The van der Waals surface area contributed by atoms with Gasteiger partial charge in [0.25, 0.3) is 0 Å². The first-order valence-corrected chi connectivity index (χ1v) is 7.22. The minimum Gasteiger partial charge on any atom is -0.496 e. The third kappa shape index (κ3) is 1.85. The van der Waals surface area contributed by atoms with Gasteiger partial charge in [-0.05, 0) is 12.2 Å². The Labute approximate surface area is 132 Å². The number of methoxy groups -OCH3 is 2. The molecule has 5 nitrogen and oxygen atoms in total. The van der Waals surface area contributed by atoms with Crippen LogP contribution in [0.3, 0.4) is 0 Å². The number of carbonyl (C=O) groups is 2. The number of hydrogen-bond donors (Lipinski definition) is 0. The Morgan fingerprint density at radius 1 is 1.27 bits per heavy atom. The SMILES string of the molecule is COc1cc(OC)c2c(c1Cl)O[C@@]1(C=CC(=O)C[C@H]1C)C2=O. The Bertz CT molecular complexity index is 709. The van der Waals surface area contributed by atoms with Crippen LogP contribution in [0.25, 0.3) is 0 Å². The minimum atomic E-state index is -1.21. The molecule has 1 heterocycles. The predicted octanol–water partition coefficient (Wildman–Crippen LogP) is 2.84. The molecule has 0 unspecified atom stereocenters. The number of benzene rings is 1. The maximum atomic E-state index is 13.0. The number of allylic oxidation sites excluding steroid dienone is 1. The van der Waals surface area contributed by atoms with E-state index >= 15 is 0 Å². The van der Waals surface area contributed by atoms with Crippen molar-refractivity contribution in [2.75, 3.05) is 14.2 Å². The van der Waals surface area contributed by atoms with Gasteiger partial charge >= 0.3 is 0 Å². The molecule has 116 valence electrons. The summed E-state index contributed by atoms with van der Waals surface area (Å²) in [6, 6.07) is 1.56. The summed E-state index contributed by atoms with van der Waals surface area (Å²) >= 11 is 6.28. The fraction of sp³-hybridized carbons (Fsp3) is 0.375. The lowest BCUT2D eigenvalue weighted by molar-refractivity contribution is -0.117. The second kappa shape index (κ2) is 5.02. The number of carbonyl (C=O) groups excluding carboxylic acids is 2. The van der Waals surface area contributed by atoms with Crippen LogP contribution in [0.4, 0.5) is 0 Å². The van der Waals surface area contributed by atoms with Crippen LogP contribution in [0.2, 0.25) is 5.02 Å². The lowest BCUT2D eigenvalue weighted by Crippen LogP contribution is -2.47. The van der Waals surface area contributed by atoms with Crippen molar-refractivity contribution in [3.8, 4) is 17.2 Å². The molecule has 1 spiro atoms. The number of ketones is 2. The fourth-order valence-corrected chi connectivity index (χ4v) is 3.22. The van der Waals surface area contributed by atoms with E-state index in [0.717, 1.165) is 0 Å². The minimum absolute atomic E-state index is 0.0267. The van der Waals surface area contributed by atoms with Gasteiger partial charge in [-0.1, -0.05) is 18.5 Å². The standard InChI is InChI=1S/C16H15ClO5/c1-8-6-9(18)4-5-16(8)15(19)12-10(20-2)7-11(21-3)13(17)14(12)22-16/h4-5,7-8H,6H2,1-3H3/t8-,16-/m1/s1. The van der Waals surface area contributed by atoms with Gasteiger partial charge in [-0.3, -0.25) is 9.59 Å². The van der Waals surface area contributed by atoms with Crippen LogP contribution in [0.1, 0.15) is 23.7 Å². The highest BCUT2D eigenvalue weighted by Gasteiger charge is 2.54. The number of halogens is 1. The molecule has 2 atom stereocenters. The Morgan fingerprint density at radius 2 is 1.95 bits per heavy atom. The molecule has 2 aliphatic rings. The first kappa shape index (κ1) is 14.9. The molecule has 0 saturated carbocycles. The van der Waals surface area contributed by atoms with Crippen molar-refractivity contribution in [2.24, 2.45) is 5.92 Å². The van der Waals surface area contributed by atoms with E-state index in [9.17, 15) is 9.59 Å². The van der Waals surface area contributed by atoms with Crippen LogP contribution in [-0.2, 0) is 4.79 Å². The van der Waals surface area contributed by atoms with E-state index < -0.39 is 5.60 Å². The summed E-state index contributed by atoms with van der Waals surface area (Å²) in [5, 5.41) is 0.223. The van der Waals surface area contributed by atoms with Crippen LogP contribution < -0.4 is 14.2 Å². The maximum absolute atomic E-state index is 13.0. The van der Waals surface area contributed by atoms with Crippen molar-refractivity contribution in [1.82, 2.24) is 0 Å². The van der Waals surface area contributed by atoms with Crippen molar-refractivity contribution in [3.63, 3.8) is 0 Å². The van der Waals surface area contributed by atoms with Crippen molar-refractivity contribution < 1.29 is 23.8 Å². The van der Waals surface area contributed by atoms with E-state index in [2.05, 4.69) is 0 Å². The summed E-state index contributed by atoms with van der Waals surface area (Å²) in [6.45, 7) is 1.81. The molecule has 1 aromatic carbocycles. The number of hydrogen-bond acceptors (Lipinski definition) is 5. The fourth-order valence-electron chi connectivity index (χ4n) is 2.96. The zero-order chi connectivity index (χ0) is 16.1. The highest BCUT2D eigenvalue weighted by atomic mass is 35.5. The third-order valence-electron chi connectivity index (χ3n) is 4.20. The normalized spacial score (nSPS) is 26.1. The van der Waals surface area contributed by atoms with E-state index in [1.165, 1.54) is 26.4 Å². The molecule has 6 heteroatoms. The van der Waals surface area contributed by atoms with Gasteiger partial charge in [0.2, 0.25) is 5.78 Å². The molecule has 0 aromatic heterocycles. The van der Waals surface area contributed by atoms with Crippen LogP contribution in [0.5, 0.6) is 17.2 Å². The summed E-state index contributed by atoms with van der Waals surface area (Å²) in [4.78, 5) is 24.5. The van der Waals surface area contributed by atoms with Gasteiger partial charge in [-0.25, -0.2) is 0 Å². The molecule has 22 heavy (non-hydrogen) atoms. The van der Waals surface area contributed by atoms with E-state index in [1.807, 2.05) is 6.92 Å². The number of fused-ring (bicyclic) bond motifs is 1. The molecule has 1 aromatic rings. The summed E-state index contributed by atoms with van der Waals surface area (Å²) in [7, 11) is 2.94.